The van der Waals surface area contributed by atoms with Crippen molar-refractivity contribution in [1.29, 1.82) is 0 Å². The predicted molar refractivity (Wildman–Crippen MR) is 105 cm³/mol. The summed E-state index contributed by atoms with van der Waals surface area (Å²) in [7, 11) is 0. The minimum Gasteiger partial charge on any atom is -0.396 e. The number of aromatic nitrogens is 1. The van der Waals surface area contributed by atoms with E-state index in [9.17, 15) is 0 Å². The van der Waals surface area contributed by atoms with Gasteiger partial charge in [-0.25, -0.2) is 4.98 Å². The number of nitrogen functional groups attached to an aromatic ring is 1. The van der Waals surface area contributed by atoms with Crippen LogP contribution in [0.3, 0.4) is 0 Å². The molecule has 0 aliphatic carbocycles. The summed E-state index contributed by atoms with van der Waals surface area (Å²) in [6, 6.07) is 20.0. The molecule has 0 atom stereocenters. The molecule has 0 amide bonds. The van der Waals surface area contributed by atoms with Crippen LogP contribution in [0.15, 0.2) is 65.3 Å². The van der Waals surface area contributed by atoms with Gasteiger partial charge in [0.05, 0.1) is 5.69 Å². The van der Waals surface area contributed by atoms with E-state index in [1.807, 2.05) is 36.4 Å². The summed E-state index contributed by atoms with van der Waals surface area (Å²) in [5.74, 6) is 0.682. The van der Waals surface area contributed by atoms with Crippen molar-refractivity contribution in [3.63, 3.8) is 0 Å². The first-order valence-electron chi connectivity index (χ1n) is 7.63. The van der Waals surface area contributed by atoms with E-state index in [4.69, 9.17) is 17.3 Å². The van der Waals surface area contributed by atoms with Gasteiger partial charge in [-0.1, -0.05) is 54.1 Å². The SMILES string of the molecule is Nc1ccc(Br)nc1NCCc1ccc(-c2ccccc2)cc1Cl. The summed E-state index contributed by atoms with van der Waals surface area (Å²) in [5, 5.41) is 4.02. The summed E-state index contributed by atoms with van der Waals surface area (Å²) < 4.78 is 0.754. The maximum atomic E-state index is 6.44. The van der Waals surface area contributed by atoms with Crippen molar-refractivity contribution in [2.45, 2.75) is 6.42 Å². The molecule has 24 heavy (non-hydrogen) atoms. The van der Waals surface area contributed by atoms with Crippen LogP contribution in [0.5, 0.6) is 0 Å². The van der Waals surface area contributed by atoms with Gasteiger partial charge in [0.15, 0.2) is 5.82 Å². The van der Waals surface area contributed by atoms with Crippen molar-refractivity contribution in [1.82, 2.24) is 4.98 Å². The molecule has 0 saturated heterocycles. The minimum absolute atomic E-state index is 0.628. The molecule has 0 unspecified atom stereocenters. The maximum absolute atomic E-state index is 6.44. The number of benzene rings is 2. The number of rotatable bonds is 5. The minimum atomic E-state index is 0.628. The Kier molecular flexibility index (Phi) is 5.38. The fourth-order valence-electron chi connectivity index (χ4n) is 2.46. The number of nitrogens with one attached hydrogen (secondary N) is 1. The first kappa shape index (κ1) is 16.8. The molecule has 122 valence electrons. The molecule has 2 aromatic carbocycles. The Morgan fingerprint density at radius 2 is 1.79 bits per heavy atom. The zero-order chi connectivity index (χ0) is 16.9. The van der Waals surface area contributed by atoms with E-state index < -0.39 is 0 Å². The van der Waals surface area contributed by atoms with Gasteiger partial charge in [-0.15, -0.1) is 0 Å². The largest absolute Gasteiger partial charge is 0.396 e. The van der Waals surface area contributed by atoms with E-state index in [0.717, 1.165) is 32.7 Å². The van der Waals surface area contributed by atoms with Crippen LogP contribution in [0.2, 0.25) is 5.02 Å². The lowest BCUT2D eigenvalue weighted by Gasteiger charge is -2.10. The summed E-state index contributed by atoms with van der Waals surface area (Å²) in [4.78, 5) is 4.33. The van der Waals surface area contributed by atoms with Gasteiger partial charge < -0.3 is 11.1 Å². The highest BCUT2D eigenvalue weighted by molar-refractivity contribution is 9.10. The Morgan fingerprint density at radius 3 is 2.54 bits per heavy atom. The lowest BCUT2D eigenvalue weighted by atomic mass is 10.0. The van der Waals surface area contributed by atoms with Gasteiger partial charge in [-0.2, -0.15) is 0 Å². The predicted octanol–water partition coefficient (Wildman–Crippen LogP) is 5.40. The zero-order valence-electron chi connectivity index (χ0n) is 13.0. The van der Waals surface area contributed by atoms with Crippen LogP contribution in [-0.2, 0) is 6.42 Å². The number of hydrogen-bond acceptors (Lipinski definition) is 3. The van der Waals surface area contributed by atoms with Gasteiger partial charge in [-0.05, 0) is 57.2 Å². The van der Waals surface area contributed by atoms with Crippen LogP contribution in [0.25, 0.3) is 11.1 Å². The Balaban J connectivity index is 1.67. The fraction of sp³-hybridized carbons (Fsp3) is 0.105. The molecule has 0 saturated carbocycles. The highest BCUT2D eigenvalue weighted by Gasteiger charge is 2.05. The quantitative estimate of drug-likeness (QED) is 0.562. The van der Waals surface area contributed by atoms with E-state index in [1.165, 1.54) is 0 Å². The summed E-state index contributed by atoms with van der Waals surface area (Å²) in [6.07, 6.45) is 0.793. The second kappa shape index (κ2) is 7.69. The highest BCUT2D eigenvalue weighted by atomic mass is 79.9. The topological polar surface area (TPSA) is 50.9 Å². The van der Waals surface area contributed by atoms with Gasteiger partial charge in [0.1, 0.15) is 4.60 Å². The third-order valence-electron chi connectivity index (χ3n) is 3.74. The van der Waals surface area contributed by atoms with E-state index >= 15 is 0 Å². The number of halogens is 2. The lowest BCUT2D eigenvalue weighted by molar-refractivity contribution is 1.01. The standard InChI is InChI=1S/C19H17BrClN3/c20-18-9-8-17(22)19(24-18)23-11-10-14-6-7-15(12-16(14)21)13-4-2-1-3-5-13/h1-9,12H,10-11,22H2,(H,23,24). The first-order chi connectivity index (χ1) is 11.6. The van der Waals surface area contributed by atoms with Crippen molar-refractivity contribution in [2.75, 3.05) is 17.6 Å². The van der Waals surface area contributed by atoms with E-state index in [-0.39, 0.29) is 0 Å². The molecular weight excluding hydrogens is 386 g/mol. The van der Waals surface area contributed by atoms with Gasteiger partial charge in [0.2, 0.25) is 0 Å². The Bertz CT molecular complexity index is 837. The molecule has 3 nitrogen and oxygen atoms in total. The van der Waals surface area contributed by atoms with Gasteiger partial charge in [0, 0.05) is 11.6 Å². The molecule has 0 fully saturated rings. The van der Waals surface area contributed by atoms with Crippen LogP contribution < -0.4 is 11.1 Å². The molecule has 0 bridgehead atoms. The van der Waals surface area contributed by atoms with Crippen molar-refractivity contribution in [2.24, 2.45) is 0 Å². The highest BCUT2D eigenvalue weighted by Crippen LogP contribution is 2.26. The molecule has 0 aliphatic rings. The van der Waals surface area contributed by atoms with Crippen LogP contribution in [0, 0.1) is 0 Å². The van der Waals surface area contributed by atoms with Crippen molar-refractivity contribution in [3.8, 4) is 11.1 Å². The van der Waals surface area contributed by atoms with E-state index in [2.05, 4.69) is 50.5 Å². The summed E-state index contributed by atoms with van der Waals surface area (Å²) in [5.41, 5.74) is 9.92. The van der Waals surface area contributed by atoms with Crippen LogP contribution in [0.4, 0.5) is 11.5 Å². The Morgan fingerprint density at radius 1 is 1.00 bits per heavy atom. The van der Waals surface area contributed by atoms with Crippen LogP contribution in [-0.4, -0.2) is 11.5 Å². The molecule has 3 rings (SSSR count). The molecule has 1 aromatic heterocycles. The first-order valence-corrected chi connectivity index (χ1v) is 8.80. The molecular formula is C19H17BrClN3. The third-order valence-corrected chi connectivity index (χ3v) is 4.53. The molecule has 1 heterocycles. The van der Waals surface area contributed by atoms with Crippen LogP contribution >= 0.6 is 27.5 Å². The second-order valence-electron chi connectivity index (χ2n) is 5.42. The molecule has 5 heteroatoms. The third kappa shape index (κ3) is 4.08. The zero-order valence-corrected chi connectivity index (χ0v) is 15.3. The number of anilines is 2. The maximum Gasteiger partial charge on any atom is 0.150 e. The van der Waals surface area contributed by atoms with Gasteiger partial charge in [0.25, 0.3) is 0 Å². The number of nitrogens with zero attached hydrogens (tertiary/aromatic N) is 1. The van der Waals surface area contributed by atoms with Gasteiger partial charge >= 0.3 is 0 Å². The summed E-state index contributed by atoms with van der Waals surface area (Å²) >= 11 is 9.79. The number of pyridine rings is 1. The van der Waals surface area contributed by atoms with E-state index in [0.29, 0.717) is 18.1 Å². The lowest BCUT2D eigenvalue weighted by Crippen LogP contribution is -2.09. The average Bonchev–Trinajstić information content (AvgIpc) is 2.60. The summed E-state index contributed by atoms with van der Waals surface area (Å²) in [6.45, 7) is 0.706. The molecule has 0 radical (unpaired) electrons. The smallest absolute Gasteiger partial charge is 0.150 e. The normalized spacial score (nSPS) is 10.6. The second-order valence-corrected chi connectivity index (χ2v) is 6.64. The molecule has 0 aliphatic heterocycles. The van der Waals surface area contributed by atoms with Crippen molar-refractivity contribution < 1.29 is 0 Å². The molecule has 3 aromatic rings. The Labute approximate surface area is 155 Å². The molecule has 0 spiro atoms. The Hall–Kier alpha value is -2.04. The van der Waals surface area contributed by atoms with E-state index in [1.54, 1.807) is 0 Å². The van der Waals surface area contributed by atoms with Gasteiger partial charge in [-0.3, -0.25) is 0 Å². The van der Waals surface area contributed by atoms with Crippen molar-refractivity contribution in [3.05, 3.63) is 75.9 Å². The fourth-order valence-corrected chi connectivity index (χ4v) is 3.05. The number of nitrogens with two attached hydrogens (primary N) is 1. The van der Waals surface area contributed by atoms with Crippen molar-refractivity contribution >= 4 is 39.0 Å². The molecule has 3 N–H and O–H groups in total. The monoisotopic (exact) mass is 401 g/mol. The number of hydrogen-bond donors (Lipinski definition) is 2. The average molecular weight is 403 g/mol. The van der Waals surface area contributed by atoms with Crippen LogP contribution in [0.1, 0.15) is 5.56 Å².